The quantitative estimate of drug-likeness (QED) is 0.538. The van der Waals surface area contributed by atoms with E-state index in [-0.39, 0.29) is 11.3 Å². The van der Waals surface area contributed by atoms with E-state index in [0.717, 1.165) is 31.5 Å². The number of carbonyl (C=O) groups excluding carboxylic acids is 2. The zero-order valence-corrected chi connectivity index (χ0v) is 20.4. The Labute approximate surface area is 193 Å². The second-order valence-electron chi connectivity index (χ2n) is 10.1. The number of amides is 1. The minimum Gasteiger partial charge on any atom is -0.495 e. The zero-order valence-electron chi connectivity index (χ0n) is 19.6. The van der Waals surface area contributed by atoms with Gasteiger partial charge in [0.05, 0.1) is 17.5 Å². The summed E-state index contributed by atoms with van der Waals surface area (Å²) in [4.78, 5) is 23.0. The van der Waals surface area contributed by atoms with Gasteiger partial charge in [0.15, 0.2) is 0 Å². The van der Waals surface area contributed by atoms with Crippen molar-refractivity contribution in [1.82, 2.24) is 10.0 Å². The number of nitrogens with one attached hydrogen (secondary N) is 2. The van der Waals surface area contributed by atoms with Crippen LogP contribution in [0.3, 0.4) is 0 Å². The minimum absolute atomic E-state index is 0.0244. The van der Waals surface area contributed by atoms with Crippen molar-refractivity contribution in [3.8, 4) is 5.75 Å². The maximum atomic E-state index is 12.0. The van der Waals surface area contributed by atoms with Gasteiger partial charge in [-0.1, -0.05) is 18.6 Å². The van der Waals surface area contributed by atoms with Crippen LogP contribution in [0.4, 0.5) is 0 Å². The molecule has 32 heavy (non-hydrogen) atoms. The molecule has 4 N–H and O–H groups in total. The Morgan fingerprint density at radius 2 is 1.91 bits per heavy atom. The molecule has 6 unspecified atom stereocenters. The molecule has 4 aliphatic carbocycles. The van der Waals surface area contributed by atoms with E-state index in [1.807, 2.05) is 0 Å². The highest BCUT2D eigenvalue weighted by Crippen LogP contribution is 2.57. The van der Waals surface area contributed by atoms with Gasteiger partial charge in [0.2, 0.25) is 5.91 Å². The molecule has 7 nitrogen and oxygen atoms in total. The molecule has 0 saturated heterocycles. The molecular weight excluding hydrogens is 426 g/mol. The van der Waals surface area contributed by atoms with Crippen LogP contribution < -0.4 is 20.5 Å². The molecule has 4 aliphatic rings. The number of ether oxygens (including phenoxy) is 1. The maximum Gasteiger partial charge on any atom is 0.223 e. The molecule has 1 aromatic rings. The van der Waals surface area contributed by atoms with Gasteiger partial charge in [0, 0.05) is 11.5 Å². The van der Waals surface area contributed by atoms with E-state index in [1.54, 1.807) is 38.1 Å². The lowest BCUT2D eigenvalue weighted by molar-refractivity contribution is -0.136. The number of benzene rings is 1. The van der Waals surface area contributed by atoms with Crippen molar-refractivity contribution < 1.29 is 18.5 Å². The molecule has 4 fully saturated rings. The van der Waals surface area contributed by atoms with Gasteiger partial charge in [-0.05, 0) is 82.9 Å². The van der Waals surface area contributed by atoms with Crippen LogP contribution in [-0.4, -0.2) is 42.1 Å². The first-order valence-electron chi connectivity index (χ1n) is 11.4. The van der Waals surface area contributed by atoms with Crippen molar-refractivity contribution in [1.29, 1.82) is 0 Å². The summed E-state index contributed by atoms with van der Waals surface area (Å²) in [5.41, 5.74) is 4.72. The lowest BCUT2D eigenvalue weighted by atomic mass is 9.56. The summed E-state index contributed by atoms with van der Waals surface area (Å²) in [6.45, 7) is 3.32. The molecule has 178 valence electrons. The first-order valence-corrected chi connectivity index (χ1v) is 12.6. The third-order valence-electron chi connectivity index (χ3n) is 7.36. The summed E-state index contributed by atoms with van der Waals surface area (Å²) >= 11 is 0. The van der Waals surface area contributed by atoms with Gasteiger partial charge >= 0.3 is 0 Å². The average Bonchev–Trinajstić information content (AvgIpc) is 2.98. The second-order valence-corrected chi connectivity index (χ2v) is 11.3. The maximum absolute atomic E-state index is 12.0. The second kappa shape index (κ2) is 10.0. The SMILES string of the molecule is CNC1C2CCC3CC1CC(C(N)=O)(C3)C2.COc1ccccc1S(=O)NC(C)(C)C=O. The normalized spacial score (nSPS) is 31.8. The molecule has 1 aromatic carbocycles. The number of hydrogen-bond donors (Lipinski definition) is 3. The molecular formula is C24H37N3O4S. The van der Waals surface area contributed by atoms with Crippen molar-refractivity contribution in [2.45, 2.75) is 68.8 Å². The summed E-state index contributed by atoms with van der Waals surface area (Å²) in [5.74, 6) is 2.65. The number of primary amides is 1. The number of methoxy groups -OCH3 is 1. The van der Waals surface area contributed by atoms with Crippen LogP contribution in [-0.2, 0) is 20.6 Å². The van der Waals surface area contributed by atoms with E-state index in [4.69, 9.17) is 10.5 Å². The number of carbonyl (C=O) groups is 2. The van der Waals surface area contributed by atoms with Crippen molar-refractivity contribution in [2.75, 3.05) is 14.2 Å². The first kappa shape index (κ1) is 24.9. The standard InChI is InChI=1S/C13H22N2O.C11H15NO3S/c1-15-11-9-3-2-8-4-10(11)7-13(5-8,6-9)12(14)16;1-11(2,8-13)12-16(14)10-7-5-4-6-9(10)15-3/h8-11,15H,2-7H2,1H3,(H2,14,16);4-8,12H,1-3H3. The third-order valence-corrected chi connectivity index (χ3v) is 8.81. The van der Waals surface area contributed by atoms with Crippen LogP contribution in [0.2, 0.25) is 0 Å². The van der Waals surface area contributed by atoms with Crippen molar-refractivity contribution in [3.05, 3.63) is 24.3 Å². The number of para-hydroxylation sites is 1. The van der Waals surface area contributed by atoms with Gasteiger partial charge in [-0.2, -0.15) is 0 Å². The number of fused-ring (bicyclic) bond motifs is 1. The largest absolute Gasteiger partial charge is 0.495 e. The molecule has 0 aliphatic heterocycles. The van der Waals surface area contributed by atoms with Crippen molar-refractivity contribution >= 4 is 23.2 Å². The molecule has 6 atom stereocenters. The fraction of sp³-hybridized carbons (Fsp3) is 0.667. The van der Waals surface area contributed by atoms with Gasteiger partial charge < -0.3 is 20.6 Å². The minimum atomic E-state index is -1.47. The Bertz CT molecular complexity index is 859. The highest BCUT2D eigenvalue weighted by atomic mass is 32.2. The zero-order chi connectivity index (χ0) is 23.5. The van der Waals surface area contributed by atoms with E-state index >= 15 is 0 Å². The number of hydrogen-bond acceptors (Lipinski definition) is 5. The van der Waals surface area contributed by atoms with Crippen LogP contribution in [0, 0.1) is 23.2 Å². The van der Waals surface area contributed by atoms with Crippen LogP contribution in [0.5, 0.6) is 5.75 Å². The highest BCUT2D eigenvalue weighted by molar-refractivity contribution is 7.83. The van der Waals surface area contributed by atoms with E-state index in [0.29, 0.717) is 28.5 Å². The number of rotatable bonds is 7. The lowest BCUT2D eigenvalue weighted by Crippen LogP contribution is -2.54. The Hall–Kier alpha value is -1.77. The Morgan fingerprint density at radius 1 is 1.22 bits per heavy atom. The predicted molar refractivity (Wildman–Crippen MR) is 125 cm³/mol. The highest BCUT2D eigenvalue weighted by Gasteiger charge is 2.55. The summed E-state index contributed by atoms with van der Waals surface area (Å²) in [5, 5.41) is 3.49. The summed E-state index contributed by atoms with van der Waals surface area (Å²) in [7, 11) is 2.12. The topological polar surface area (TPSA) is 111 Å². The molecule has 8 heteroatoms. The molecule has 0 radical (unpaired) electrons. The molecule has 1 amide bonds. The van der Waals surface area contributed by atoms with Crippen LogP contribution in [0.1, 0.15) is 52.4 Å². The monoisotopic (exact) mass is 463 g/mol. The molecule has 0 aromatic heterocycles. The Balaban J connectivity index is 0.000000181. The van der Waals surface area contributed by atoms with E-state index in [1.165, 1.54) is 26.4 Å². The molecule has 4 saturated carbocycles. The van der Waals surface area contributed by atoms with E-state index in [2.05, 4.69) is 17.1 Å². The van der Waals surface area contributed by atoms with Gasteiger partial charge in [-0.25, -0.2) is 8.93 Å². The van der Waals surface area contributed by atoms with Crippen LogP contribution >= 0.6 is 0 Å². The Kier molecular flexibility index (Phi) is 7.78. The summed E-state index contributed by atoms with van der Waals surface area (Å²) in [6, 6.07) is 7.62. The van der Waals surface area contributed by atoms with Gasteiger partial charge in [0.1, 0.15) is 23.0 Å². The van der Waals surface area contributed by atoms with Crippen LogP contribution in [0.15, 0.2) is 29.2 Å². The number of aldehydes is 1. The van der Waals surface area contributed by atoms with Crippen molar-refractivity contribution in [2.24, 2.45) is 28.9 Å². The van der Waals surface area contributed by atoms with E-state index in [9.17, 15) is 13.8 Å². The van der Waals surface area contributed by atoms with Gasteiger partial charge in [-0.15, -0.1) is 0 Å². The fourth-order valence-corrected chi connectivity index (χ4v) is 7.17. The van der Waals surface area contributed by atoms with E-state index < -0.39 is 16.5 Å². The van der Waals surface area contributed by atoms with Crippen LogP contribution in [0.25, 0.3) is 0 Å². The fourth-order valence-electron chi connectivity index (χ4n) is 6.00. The molecule has 0 spiro atoms. The average molecular weight is 464 g/mol. The third kappa shape index (κ3) is 5.24. The Morgan fingerprint density at radius 3 is 2.53 bits per heavy atom. The summed E-state index contributed by atoms with van der Waals surface area (Å²) < 4.78 is 19.8. The number of nitrogens with two attached hydrogens (primary N) is 1. The molecule has 5 rings (SSSR count). The smallest absolute Gasteiger partial charge is 0.223 e. The molecule has 0 heterocycles. The first-order chi connectivity index (χ1) is 15.1. The lowest BCUT2D eigenvalue weighted by Gasteiger charge is -2.50. The van der Waals surface area contributed by atoms with Gasteiger partial charge in [-0.3, -0.25) is 4.79 Å². The predicted octanol–water partition coefficient (Wildman–Crippen LogP) is 2.56. The van der Waals surface area contributed by atoms with Gasteiger partial charge in [0.25, 0.3) is 0 Å². The summed E-state index contributed by atoms with van der Waals surface area (Å²) in [6.07, 6.45) is 7.81. The van der Waals surface area contributed by atoms with Crippen molar-refractivity contribution in [3.63, 3.8) is 0 Å². The molecule has 4 bridgehead atoms.